The summed E-state index contributed by atoms with van der Waals surface area (Å²) < 4.78 is 0. The van der Waals surface area contributed by atoms with Gasteiger partial charge in [-0.2, -0.15) is 5.12 Å². The Kier molecular flexibility index (Phi) is 6.45. The van der Waals surface area contributed by atoms with Crippen LogP contribution in [-0.2, 0) is 0 Å². The molecule has 0 aromatic carbocycles. The van der Waals surface area contributed by atoms with Crippen molar-refractivity contribution in [1.29, 1.82) is 0 Å². The number of unbranched alkanes of at least 4 members (excludes halogenated alkanes) is 1. The molecule has 1 atom stereocenters. The second-order valence-electron chi connectivity index (χ2n) is 5.27. The molecule has 0 bridgehead atoms. The van der Waals surface area contributed by atoms with E-state index in [2.05, 4.69) is 13.8 Å². The van der Waals surface area contributed by atoms with E-state index in [0.717, 1.165) is 25.7 Å². The molecule has 1 aliphatic carbocycles. The average molecular weight is 239 g/mol. The Balaban J connectivity index is 2.77. The van der Waals surface area contributed by atoms with Gasteiger partial charge in [0.25, 0.3) is 0 Å². The van der Waals surface area contributed by atoms with Gasteiger partial charge in [-0.3, -0.25) is 11.7 Å². The first kappa shape index (κ1) is 14.9. The number of rotatable bonds is 6. The molecule has 1 rings (SSSR count). The summed E-state index contributed by atoms with van der Waals surface area (Å²) in [5, 5.41) is 1.49. The van der Waals surface area contributed by atoms with Gasteiger partial charge in [-0.05, 0) is 31.6 Å². The lowest BCUT2D eigenvalue weighted by Crippen LogP contribution is -2.60. The highest BCUT2D eigenvalue weighted by Gasteiger charge is 2.40. The molecule has 0 aliphatic heterocycles. The van der Waals surface area contributed by atoms with E-state index >= 15 is 0 Å². The molecule has 3 heteroatoms. The zero-order valence-corrected chi connectivity index (χ0v) is 11.4. The Morgan fingerprint density at radius 3 is 2.18 bits per heavy atom. The maximum atomic E-state index is 5.97. The van der Waals surface area contributed by atoms with Crippen molar-refractivity contribution in [3.8, 4) is 0 Å². The number of hydrazine groups is 2. The van der Waals surface area contributed by atoms with Gasteiger partial charge < -0.3 is 0 Å². The largest absolute Gasteiger partial charge is 0.255 e. The minimum Gasteiger partial charge on any atom is -0.255 e. The topological polar surface area (TPSA) is 55.3 Å². The van der Waals surface area contributed by atoms with E-state index in [1.54, 1.807) is 5.92 Å². The highest BCUT2D eigenvalue weighted by atomic mass is 15.6. The van der Waals surface area contributed by atoms with Crippen LogP contribution in [-0.4, -0.2) is 10.7 Å². The van der Waals surface area contributed by atoms with Crippen molar-refractivity contribution in [3.63, 3.8) is 0 Å². The lowest BCUT2D eigenvalue weighted by Gasteiger charge is -2.44. The molecule has 4 N–H and O–H groups in total. The third-order valence-corrected chi connectivity index (χ3v) is 4.28. The Morgan fingerprint density at radius 1 is 1.18 bits per heavy atom. The molecule has 0 aromatic rings. The molecule has 1 fully saturated rings. The zero-order valence-electron chi connectivity index (χ0n) is 11.4. The third kappa shape index (κ3) is 3.67. The van der Waals surface area contributed by atoms with E-state index in [1.165, 1.54) is 43.6 Å². The second-order valence-corrected chi connectivity index (χ2v) is 5.27. The highest BCUT2D eigenvalue weighted by Crippen LogP contribution is 2.40. The van der Waals surface area contributed by atoms with Crippen LogP contribution in [0.2, 0.25) is 0 Å². The van der Waals surface area contributed by atoms with Crippen molar-refractivity contribution in [2.45, 2.75) is 76.7 Å². The maximum absolute atomic E-state index is 5.97. The van der Waals surface area contributed by atoms with Crippen molar-refractivity contribution < 1.29 is 0 Å². The summed E-state index contributed by atoms with van der Waals surface area (Å²) in [6, 6.07) is 0. The Bertz CT molecular complexity index is 198. The van der Waals surface area contributed by atoms with Gasteiger partial charge in [-0.1, -0.05) is 52.4 Å². The number of nitrogens with zero attached hydrogens (tertiary/aromatic N) is 1. The van der Waals surface area contributed by atoms with E-state index in [0.29, 0.717) is 0 Å². The Hall–Kier alpha value is -0.120. The van der Waals surface area contributed by atoms with Gasteiger partial charge in [0, 0.05) is 0 Å². The average Bonchev–Trinajstić information content (AvgIpc) is 2.59. The fourth-order valence-corrected chi connectivity index (χ4v) is 3.14. The lowest BCUT2D eigenvalue weighted by atomic mass is 9.74. The molecule has 1 unspecified atom stereocenters. The molecule has 100 valence electrons. The van der Waals surface area contributed by atoms with Crippen molar-refractivity contribution in [3.05, 3.63) is 12.8 Å². The molecule has 17 heavy (non-hydrogen) atoms. The minimum absolute atomic E-state index is 0.0813. The van der Waals surface area contributed by atoms with Gasteiger partial charge in [0.2, 0.25) is 0 Å². The van der Waals surface area contributed by atoms with Gasteiger partial charge >= 0.3 is 0 Å². The normalized spacial score (nSPS) is 22.4. The summed E-state index contributed by atoms with van der Waals surface area (Å²) in [7, 11) is 0. The summed E-state index contributed by atoms with van der Waals surface area (Å²) >= 11 is 0. The zero-order chi connectivity index (χ0) is 12.7. The first-order valence-corrected chi connectivity index (χ1v) is 7.11. The number of nitrogens with two attached hydrogens (primary N) is 2. The molecular formula is C14H29N3. The van der Waals surface area contributed by atoms with Gasteiger partial charge in [-0.15, -0.1) is 0 Å². The van der Waals surface area contributed by atoms with Crippen LogP contribution >= 0.6 is 0 Å². The SMILES string of the molecule is [CH2]CCCC(CC)([C]1CCCCCC1)N(N)N. The second kappa shape index (κ2) is 7.34. The molecule has 0 aromatic heterocycles. The van der Waals surface area contributed by atoms with Crippen LogP contribution in [0.1, 0.15) is 71.1 Å². The fraction of sp³-hybridized carbons (Fsp3) is 0.857. The van der Waals surface area contributed by atoms with E-state index in [-0.39, 0.29) is 5.54 Å². The first-order valence-electron chi connectivity index (χ1n) is 7.11. The van der Waals surface area contributed by atoms with Crippen LogP contribution in [0.5, 0.6) is 0 Å². The molecule has 1 aliphatic rings. The van der Waals surface area contributed by atoms with Crippen molar-refractivity contribution in [1.82, 2.24) is 5.12 Å². The molecular weight excluding hydrogens is 210 g/mol. The smallest absolute Gasteiger partial charge is 0.0564 e. The van der Waals surface area contributed by atoms with Gasteiger partial charge in [-0.25, -0.2) is 0 Å². The van der Waals surface area contributed by atoms with E-state index in [4.69, 9.17) is 11.7 Å². The summed E-state index contributed by atoms with van der Waals surface area (Å²) in [4.78, 5) is 0. The van der Waals surface area contributed by atoms with E-state index in [9.17, 15) is 0 Å². The number of hydrogen-bond acceptors (Lipinski definition) is 3. The summed E-state index contributed by atoms with van der Waals surface area (Å²) in [6.45, 7) is 6.14. The molecule has 0 amide bonds. The van der Waals surface area contributed by atoms with E-state index < -0.39 is 0 Å². The summed E-state index contributed by atoms with van der Waals surface area (Å²) in [6.07, 6.45) is 11.8. The summed E-state index contributed by atoms with van der Waals surface area (Å²) in [5.41, 5.74) is -0.0813. The first-order chi connectivity index (χ1) is 8.17. The monoisotopic (exact) mass is 239 g/mol. The van der Waals surface area contributed by atoms with Crippen LogP contribution in [0.25, 0.3) is 0 Å². The van der Waals surface area contributed by atoms with Crippen LogP contribution in [0.15, 0.2) is 0 Å². The molecule has 3 nitrogen and oxygen atoms in total. The van der Waals surface area contributed by atoms with Crippen molar-refractivity contribution >= 4 is 0 Å². The standard InChI is InChI=1S/C14H29N3/c1-3-5-12-14(4-2,17(15)16)13-10-8-6-7-9-11-13/h1,3-12,15-16H2,2H3. The molecule has 0 heterocycles. The maximum Gasteiger partial charge on any atom is 0.0564 e. The van der Waals surface area contributed by atoms with Crippen LogP contribution < -0.4 is 11.7 Å². The minimum atomic E-state index is -0.0813. The molecule has 0 saturated heterocycles. The Labute approximate surface area is 107 Å². The van der Waals surface area contributed by atoms with Crippen molar-refractivity contribution in [2.24, 2.45) is 11.7 Å². The number of hydrogen-bond donors (Lipinski definition) is 2. The predicted molar refractivity (Wildman–Crippen MR) is 73.4 cm³/mol. The van der Waals surface area contributed by atoms with Crippen LogP contribution in [0.3, 0.4) is 0 Å². The van der Waals surface area contributed by atoms with Gasteiger partial charge in [0.15, 0.2) is 0 Å². The van der Waals surface area contributed by atoms with Gasteiger partial charge in [0.1, 0.15) is 0 Å². The van der Waals surface area contributed by atoms with E-state index in [1.807, 2.05) is 0 Å². The quantitative estimate of drug-likeness (QED) is 0.425. The van der Waals surface area contributed by atoms with Crippen LogP contribution in [0, 0.1) is 12.8 Å². The summed E-state index contributed by atoms with van der Waals surface area (Å²) in [5.74, 6) is 13.5. The lowest BCUT2D eigenvalue weighted by molar-refractivity contribution is 0.0751. The van der Waals surface area contributed by atoms with Crippen LogP contribution in [0.4, 0.5) is 0 Å². The molecule has 2 radical (unpaired) electrons. The molecule has 0 spiro atoms. The Morgan fingerprint density at radius 2 is 1.76 bits per heavy atom. The fourth-order valence-electron chi connectivity index (χ4n) is 3.14. The van der Waals surface area contributed by atoms with Gasteiger partial charge in [0.05, 0.1) is 5.54 Å². The highest BCUT2D eigenvalue weighted by molar-refractivity contribution is 5.12. The van der Waals surface area contributed by atoms with Crippen molar-refractivity contribution in [2.75, 3.05) is 0 Å². The third-order valence-electron chi connectivity index (χ3n) is 4.28. The molecule has 1 saturated carbocycles. The predicted octanol–water partition coefficient (Wildman–Crippen LogP) is 3.12.